The Bertz CT molecular complexity index is 634. The molecule has 0 aliphatic rings. The molecule has 0 amide bonds. The SMILES string of the molecule is c1ccc(-n2cccn2)c(NCc2cnccn2)c1. The van der Waals surface area contributed by atoms with Crippen LogP contribution in [0.4, 0.5) is 5.69 Å². The molecule has 2 heterocycles. The summed E-state index contributed by atoms with van der Waals surface area (Å²) >= 11 is 0. The molecule has 0 saturated heterocycles. The number of rotatable bonds is 4. The number of hydrogen-bond acceptors (Lipinski definition) is 4. The minimum atomic E-state index is 0.631. The Morgan fingerprint density at radius 1 is 1.05 bits per heavy atom. The van der Waals surface area contributed by atoms with Crippen LogP contribution in [-0.4, -0.2) is 19.7 Å². The summed E-state index contributed by atoms with van der Waals surface area (Å²) in [5, 5.41) is 7.61. The van der Waals surface area contributed by atoms with Gasteiger partial charge in [-0.2, -0.15) is 5.10 Å². The van der Waals surface area contributed by atoms with E-state index in [1.165, 1.54) is 0 Å². The first-order valence-electron chi connectivity index (χ1n) is 6.01. The molecule has 0 radical (unpaired) electrons. The molecule has 1 aromatic carbocycles. The molecule has 0 aliphatic heterocycles. The third-order valence-electron chi connectivity index (χ3n) is 2.73. The van der Waals surface area contributed by atoms with Crippen LogP contribution in [0.1, 0.15) is 5.69 Å². The molecular weight excluding hydrogens is 238 g/mol. The van der Waals surface area contributed by atoms with Gasteiger partial charge in [0.2, 0.25) is 0 Å². The van der Waals surface area contributed by atoms with Gasteiger partial charge in [-0.25, -0.2) is 4.68 Å². The zero-order valence-electron chi connectivity index (χ0n) is 10.3. The van der Waals surface area contributed by atoms with Crippen molar-refractivity contribution in [2.45, 2.75) is 6.54 Å². The molecule has 0 bridgehead atoms. The van der Waals surface area contributed by atoms with Crippen LogP contribution in [0.25, 0.3) is 5.69 Å². The van der Waals surface area contributed by atoms with Crippen molar-refractivity contribution in [1.82, 2.24) is 19.7 Å². The second kappa shape index (κ2) is 5.30. The Morgan fingerprint density at radius 3 is 2.79 bits per heavy atom. The van der Waals surface area contributed by atoms with Gasteiger partial charge >= 0.3 is 0 Å². The highest BCUT2D eigenvalue weighted by Gasteiger charge is 2.03. The molecule has 5 nitrogen and oxygen atoms in total. The molecule has 94 valence electrons. The van der Waals surface area contributed by atoms with Crippen molar-refractivity contribution in [2.24, 2.45) is 0 Å². The van der Waals surface area contributed by atoms with Crippen molar-refractivity contribution in [3.05, 3.63) is 67.0 Å². The molecular formula is C14H13N5. The standard InChI is InChI=1S/C14H13N5/c1-2-5-14(19-9-3-6-18-19)13(4-1)17-11-12-10-15-7-8-16-12/h1-10,17H,11H2. The van der Waals surface area contributed by atoms with Crippen molar-refractivity contribution in [3.63, 3.8) is 0 Å². The molecule has 0 unspecified atom stereocenters. The molecule has 2 aromatic heterocycles. The lowest BCUT2D eigenvalue weighted by Gasteiger charge is -2.11. The summed E-state index contributed by atoms with van der Waals surface area (Å²) in [7, 11) is 0. The first-order valence-corrected chi connectivity index (χ1v) is 6.01. The number of aromatic nitrogens is 4. The van der Waals surface area contributed by atoms with Gasteiger partial charge in [-0.1, -0.05) is 12.1 Å². The van der Waals surface area contributed by atoms with E-state index in [0.717, 1.165) is 17.1 Å². The van der Waals surface area contributed by atoms with Crippen LogP contribution < -0.4 is 5.32 Å². The van der Waals surface area contributed by atoms with Gasteiger partial charge in [0.15, 0.2) is 0 Å². The second-order valence-electron chi connectivity index (χ2n) is 4.02. The van der Waals surface area contributed by atoms with Gasteiger partial charge in [-0.05, 0) is 18.2 Å². The Labute approximate surface area is 111 Å². The third kappa shape index (κ3) is 2.60. The fraction of sp³-hybridized carbons (Fsp3) is 0.0714. The zero-order valence-corrected chi connectivity index (χ0v) is 10.3. The minimum absolute atomic E-state index is 0.631. The van der Waals surface area contributed by atoms with Crippen molar-refractivity contribution < 1.29 is 0 Å². The predicted octanol–water partition coefficient (Wildman–Crippen LogP) is 2.27. The molecule has 1 N–H and O–H groups in total. The van der Waals surface area contributed by atoms with Gasteiger partial charge in [0.1, 0.15) is 0 Å². The molecule has 0 aliphatic carbocycles. The highest BCUT2D eigenvalue weighted by molar-refractivity contribution is 5.60. The van der Waals surface area contributed by atoms with Crippen LogP contribution in [0, 0.1) is 0 Å². The van der Waals surface area contributed by atoms with E-state index in [1.54, 1.807) is 24.8 Å². The van der Waals surface area contributed by atoms with E-state index in [0.29, 0.717) is 6.54 Å². The smallest absolute Gasteiger partial charge is 0.0876 e. The summed E-state index contributed by atoms with van der Waals surface area (Å²) in [6, 6.07) is 9.93. The summed E-state index contributed by atoms with van der Waals surface area (Å²) in [4.78, 5) is 8.29. The molecule has 3 rings (SSSR count). The number of anilines is 1. The molecule has 0 saturated carbocycles. The monoisotopic (exact) mass is 251 g/mol. The summed E-state index contributed by atoms with van der Waals surface area (Å²) in [5.74, 6) is 0. The zero-order chi connectivity index (χ0) is 12.9. The largest absolute Gasteiger partial charge is 0.378 e. The molecule has 5 heteroatoms. The van der Waals surface area contributed by atoms with Crippen molar-refractivity contribution in [3.8, 4) is 5.69 Å². The fourth-order valence-corrected chi connectivity index (χ4v) is 1.84. The van der Waals surface area contributed by atoms with Gasteiger partial charge in [0.25, 0.3) is 0 Å². The van der Waals surface area contributed by atoms with Gasteiger partial charge in [0.05, 0.1) is 29.8 Å². The van der Waals surface area contributed by atoms with Crippen LogP contribution in [-0.2, 0) is 6.54 Å². The summed E-state index contributed by atoms with van der Waals surface area (Å²) < 4.78 is 1.83. The van der Waals surface area contributed by atoms with Crippen LogP contribution in [0.3, 0.4) is 0 Å². The summed E-state index contributed by atoms with van der Waals surface area (Å²) in [6.45, 7) is 0.631. The highest BCUT2D eigenvalue weighted by Crippen LogP contribution is 2.19. The van der Waals surface area contributed by atoms with E-state index >= 15 is 0 Å². The number of hydrogen-bond donors (Lipinski definition) is 1. The van der Waals surface area contributed by atoms with E-state index in [2.05, 4.69) is 20.4 Å². The Morgan fingerprint density at radius 2 is 2.00 bits per heavy atom. The Kier molecular flexibility index (Phi) is 3.18. The normalized spacial score (nSPS) is 10.3. The van der Waals surface area contributed by atoms with E-state index in [1.807, 2.05) is 41.2 Å². The van der Waals surface area contributed by atoms with E-state index in [9.17, 15) is 0 Å². The van der Waals surface area contributed by atoms with Crippen LogP contribution >= 0.6 is 0 Å². The highest BCUT2D eigenvalue weighted by atomic mass is 15.3. The van der Waals surface area contributed by atoms with E-state index in [4.69, 9.17) is 0 Å². The Hall–Kier alpha value is -2.69. The molecule has 0 spiro atoms. The fourth-order valence-electron chi connectivity index (χ4n) is 1.84. The predicted molar refractivity (Wildman–Crippen MR) is 72.9 cm³/mol. The van der Waals surface area contributed by atoms with E-state index in [-0.39, 0.29) is 0 Å². The average Bonchev–Trinajstić information content (AvgIpc) is 3.01. The lowest BCUT2D eigenvalue weighted by molar-refractivity contribution is 0.878. The van der Waals surface area contributed by atoms with E-state index < -0.39 is 0 Å². The molecule has 0 atom stereocenters. The maximum absolute atomic E-state index is 4.25. The lowest BCUT2D eigenvalue weighted by atomic mass is 10.2. The number of nitrogens with zero attached hydrogens (tertiary/aromatic N) is 4. The van der Waals surface area contributed by atoms with Gasteiger partial charge < -0.3 is 5.32 Å². The maximum atomic E-state index is 4.25. The second-order valence-corrected chi connectivity index (χ2v) is 4.02. The minimum Gasteiger partial charge on any atom is -0.378 e. The quantitative estimate of drug-likeness (QED) is 0.773. The molecule has 0 fully saturated rings. The van der Waals surface area contributed by atoms with Crippen LogP contribution in [0.5, 0.6) is 0 Å². The van der Waals surface area contributed by atoms with Crippen molar-refractivity contribution in [1.29, 1.82) is 0 Å². The molecule has 3 aromatic rings. The molecule has 19 heavy (non-hydrogen) atoms. The van der Waals surface area contributed by atoms with Crippen molar-refractivity contribution >= 4 is 5.69 Å². The average molecular weight is 251 g/mol. The lowest BCUT2D eigenvalue weighted by Crippen LogP contribution is -2.06. The van der Waals surface area contributed by atoms with Gasteiger partial charge in [0, 0.05) is 24.8 Å². The summed E-state index contributed by atoms with van der Waals surface area (Å²) in [5.41, 5.74) is 2.92. The first kappa shape index (κ1) is 11.4. The first-order chi connectivity index (χ1) is 9.43. The number of nitrogens with one attached hydrogen (secondary N) is 1. The van der Waals surface area contributed by atoms with Crippen LogP contribution in [0.2, 0.25) is 0 Å². The topological polar surface area (TPSA) is 55.6 Å². The van der Waals surface area contributed by atoms with Gasteiger partial charge in [-0.3, -0.25) is 9.97 Å². The number of benzene rings is 1. The summed E-state index contributed by atoms with van der Waals surface area (Å²) in [6.07, 6.45) is 8.80. The number of para-hydroxylation sites is 2. The third-order valence-corrected chi connectivity index (χ3v) is 2.73. The maximum Gasteiger partial charge on any atom is 0.0876 e. The van der Waals surface area contributed by atoms with Crippen molar-refractivity contribution in [2.75, 3.05) is 5.32 Å². The van der Waals surface area contributed by atoms with Crippen LogP contribution in [0.15, 0.2) is 61.3 Å². The Balaban J connectivity index is 1.82. The van der Waals surface area contributed by atoms with Gasteiger partial charge in [-0.15, -0.1) is 0 Å².